The van der Waals surface area contributed by atoms with E-state index in [9.17, 15) is 8.78 Å². The zero-order chi connectivity index (χ0) is 13.1. The number of furan rings is 1. The summed E-state index contributed by atoms with van der Waals surface area (Å²) in [4.78, 5) is 0. The van der Waals surface area contributed by atoms with Crippen LogP contribution in [0.2, 0.25) is 0 Å². The first-order chi connectivity index (χ1) is 8.63. The number of rotatable bonds is 4. The Kier molecular flexibility index (Phi) is 4.14. The Labute approximate surface area is 112 Å². The maximum Gasteiger partial charge on any atom is 0.143 e. The Morgan fingerprint density at radius 1 is 1.33 bits per heavy atom. The molecule has 2 aromatic rings. The summed E-state index contributed by atoms with van der Waals surface area (Å²) in [5.74, 6) is -1.10. The number of nitrogens with one attached hydrogen (secondary N) is 1. The number of likely N-dealkylation sites (N-methyl/N-ethyl adjacent to an activating group) is 1. The standard InChI is InChI=1S/C13H12BrF2NO/c1-17-12(8-4-5-18-7-8)6-9-11(15)3-2-10(14)13(9)16/h2-5,7,12,17H,6H2,1H3. The van der Waals surface area contributed by atoms with Gasteiger partial charge in [0.1, 0.15) is 11.6 Å². The second kappa shape index (κ2) is 5.63. The van der Waals surface area contributed by atoms with Crippen molar-refractivity contribution < 1.29 is 13.2 Å². The van der Waals surface area contributed by atoms with E-state index < -0.39 is 11.6 Å². The molecule has 96 valence electrons. The zero-order valence-corrected chi connectivity index (χ0v) is 11.3. The molecule has 2 nitrogen and oxygen atoms in total. The molecular weight excluding hydrogens is 304 g/mol. The van der Waals surface area contributed by atoms with E-state index in [2.05, 4.69) is 21.2 Å². The van der Waals surface area contributed by atoms with Gasteiger partial charge in [-0.1, -0.05) is 0 Å². The summed E-state index contributed by atoms with van der Waals surface area (Å²) in [7, 11) is 1.74. The lowest BCUT2D eigenvalue weighted by molar-refractivity contribution is 0.505. The molecule has 1 unspecified atom stereocenters. The summed E-state index contributed by atoms with van der Waals surface area (Å²) in [5, 5.41) is 3.02. The van der Waals surface area contributed by atoms with E-state index in [1.165, 1.54) is 18.4 Å². The lowest BCUT2D eigenvalue weighted by Crippen LogP contribution is -2.19. The molecule has 2 rings (SSSR count). The van der Waals surface area contributed by atoms with E-state index in [1.54, 1.807) is 19.4 Å². The minimum atomic E-state index is -0.557. The first-order valence-electron chi connectivity index (χ1n) is 5.45. The van der Waals surface area contributed by atoms with Crippen LogP contribution in [0.5, 0.6) is 0 Å². The summed E-state index contributed by atoms with van der Waals surface area (Å²) in [6.45, 7) is 0. The monoisotopic (exact) mass is 315 g/mol. The van der Waals surface area contributed by atoms with Crippen LogP contribution in [-0.2, 0) is 6.42 Å². The SMILES string of the molecule is CNC(Cc1c(F)ccc(Br)c1F)c1ccoc1. The Morgan fingerprint density at radius 2 is 2.11 bits per heavy atom. The summed E-state index contributed by atoms with van der Waals surface area (Å²) in [6, 6.07) is 4.20. The van der Waals surface area contributed by atoms with Crippen LogP contribution in [0.15, 0.2) is 39.6 Å². The van der Waals surface area contributed by atoms with Gasteiger partial charge in [0.15, 0.2) is 0 Å². The average Bonchev–Trinajstić information content (AvgIpc) is 2.88. The molecule has 1 aromatic carbocycles. The number of benzene rings is 1. The van der Waals surface area contributed by atoms with Crippen molar-refractivity contribution in [3.63, 3.8) is 0 Å². The van der Waals surface area contributed by atoms with E-state index in [0.717, 1.165) is 5.56 Å². The summed E-state index contributed by atoms with van der Waals surface area (Å²) < 4.78 is 32.8. The highest BCUT2D eigenvalue weighted by Crippen LogP contribution is 2.26. The largest absolute Gasteiger partial charge is 0.472 e. The Balaban J connectivity index is 2.30. The van der Waals surface area contributed by atoms with Crippen LogP contribution >= 0.6 is 15.9 Å². The van der Waals surface area contributed by atoms with Crippen molar-refractivity contribution in [1.82, 2.24) is 5.32 Å². The summed E-state index contributed by atoms with van der Waals surface area (Å²) in [6.07, 6.45) is 3.31. The predicted molar refractivity (Wildman–Crippen MR) is 68.3 cm³/mol. The van der Waals surface area contributed by atoms with Crippen molar-refractivity contribution in [1.29, 1.82) is 0 Å². The maximum absolute atomic E-state index is 13.9. The summed E-state index contributed by atoms with van der Waals surface area (Å²) in [5.41, 5.74) is 0.918. The topological polar surface area (TPSA) is 25.2 Å². The van der Waals surface area contributed by atoms with Crippen molar-refractivity contribution in [3.8, 4) is 0 Å². The van der Waals surface area contributed by atoms with Gasteiger partial charge in [-0.05, 0) is 47.6 Å². The first-order valence-corrected chi connectivity index (χ1v) is 6.24. The fourth-order valence-corrected chi connectivity index (χ4v) is 2.19. The van der Waals surface area contributed by atoms with Gasteiger partial charge >= 0.3 is 0 Å². The van der Waals surface area contributed by atoms with Crippen molar-refractivity contribution in [3.05, 3.63) is 58.0 Å². The van der Waals surface area contributed by atoms with Gasteiger partial charge in [-0.3, -0.25) is 0 Å². The fourth-order valence-electron chi connectivity index (χ4n) is 1.82. The van der Waals surface area contributed by atoms with Crippen LogP contribution in [-0.4, -0.2) is 7.05 Å². The highest BCUT2D eigenvalue weighted by atomic mass is 79.9. The van der Waals surface area contributed by atoms with Crippen molar-refractivity contribution in [2.75, 3.05) is 7.05 Å². The van der Waals surface area contributed by atoms with Crippen molar-refractivity contribution >= 4 is 15.9 Å². The number of hydrogen-bond acceptors (Lipinski definition) is 2. The Hall–Kier alpha value is -1.20. The predicted octanol–water partition coefficient (Wildman–Crippen LogP) is 3.82. The minimum Gasteiger partial charge on any atom is -0.472 e. The van der Waals surface area contributed by atoms with Gasteiger partial charge in [0.05, 0.1) is 17.0 Å². The van der Waals surface area contributed by atoms with Gasteiger partial charge in [0.25, 0.3) is 0 Å². The number of hydrogen-bond donors (Lipinski definition) is 1. The van der Waals surface area contributed by atoms with E-state index in [1.807, 2.05) is 0 Å². The van der Waals surface area contributed by atoms with Gasteiger partial charge in [0.2, 0.25) is 0 Å². The molecular formula is C13H12BrF2NO. The Bertz CT molecular complexity index is 528. The number of halogens is 3. The van der Waals surface area contributed by atoms with Crippen LogP contribution in [0, 0.1) is 11.6 Å². The van der Waals surface area contributed by atoms with Crippen LogP contribution in [0.25, 0.3) is 0 Å². The highest BCUT2D eigenvalue weighted by Gasteiger charge is 2.18. The fraction of sp³-hybridized carbons (Fsp3) is 0.231. The van der Waals surface area contributed by atoms with Crippen LogP contribution in [0.4, 0.5) is 8.78 Å². The van der Waals surface area contributed by atoms with Crippen LogP contribution < -0.4 is 5.32 Å². The molecule has 0 bridgehead atoms. The van der Waals surface area contributed by atoms with E-state index in [-0.39, 0.29) is 22.5 Å². The molecule has 0 saturated heterocycles. The summed E-state index contributed by atoms with van der Waals surface area (Å²) >= 11 is 3.06. The van der Waals surface area contributed by atoms with Crippen molar-refractivity contribution in [2.45, 2.75) is 12.5 Å². The van der Waals surface area contributed by atoms with Gasteiger partial charge < -0.3 is 9.73 Å². The van der Waals surface area contributed by atoms with E-state index in [0.29, 0.717) is 0 Å². The van der Waals surface area contributed by atoms with Gasteiger partial charge in [-0.15, -0.1) is 0 Å². The third-order valence-electron chi connectivity index (χ3n) is 2.84. The smallest absolute Gasteiger partial charge is 0.143 e. The lowest BCUT2D eigenvalue weighted by atomic mass is 10.0. The Morgan fingerprint density at radius 3 is 2.72 bits per heavy atom. The van der Waals surface area contributed by atoms with E-state index in [4.69, 9.17) is 4.42 Å². The molecule has 1 heterocycles. The lowest BCUT2D eigenvalue weighted by Gasteiger charge is -2.15. The molecule has 0 saturated carbocycles. The molecule has 0 aliphatic carbocycles. The first kappa shape index (κ1) is 13.2. The highest BCUT2D eigenvalue weighted by molar-refractivity contribution is 9.10. The second-order valence-electron chi connectivity index (χ2n) is 3.92. The molecule has 0 aliphatic rings. The van der Waals surface area contributed by atoms with E-state index >= 15 is 0 Å². The molecule has 0 spiro atoms. The molecule has 5 heteroatoms. The second-order valence-corrected chi connectivity index (χ2v) is 4.78. The molecule has 18 heavy (non-hydrogen) atoms. The van der Waals surface area contributed by atoms with Crippen LogP contribution in [0.1, 0.15) is 17.2 Å². The average molecular weight is 316 g/mol. The molecule has 1 N–H and O–H groups in total. The van der Waals surface area contributed by atoms with Gasteiger partial charge in [-0.2, -0.15) is 0 Å². The molecule has 0 fully saturated rings. The van der Waals surface area contributed by atoms with Crippen molar-refractivity contribution in [2.24, 2.45) is 0 Å². The molecule has 1 aromatic heterocycles. The van der Waals surface area contributed by atoms with Gasteiger partial charge in [0, 0.05) is 17.2 Å². The third kappa shape index (κ3) is 2.62. The van der Waals surface area contributed by atoms with Crippen LogP contribution in [0.3, 0.4) is 0 Å². The zero-order valence-electron chi connectivity index (χ0n) is 9.71. The molecule has 0 amide bonds. The normalized spacial score (nSPS) is 12.7. The minimum absolute atomic E-state index is 0.0601. The maximum atomic E-state index is 13.9. The molecule has 0 radical (unpaired) electrons. The quantitative estimate of drug-likeness (QED) is 0.868. The third-order valence-corrected chi connectivity index (χ3v) is 3.45. The van der Waals surface area contributed by atoms with Gasteiger partial charge in [-0.25, -0.2) is 8.78 Å². The molecule has 1 atom stereocenters. The molecule has 0 aliphatic heterocycles.